The molecule has 2 rings (SSSR count). The molecule has 0 radical (unpaired) electrons. The molecule has 2 aliphatic rings. The zero-order valence-corrected chi connectivity index (χ0v) is 6.78. The maximum Gasteiger partial charge on any atom is 0.0233 e. The fraction of sp³-hybridized carbons (Fsp3) is 1.00. The number of fused-ring (bicyclic) bond motifs is 2. The van der Waals surface area contributed by atoms with E-state index in [4.69, 9.17) is 0 Å². The van der Waals surface area contributed by atoms with Gasteiger partial charge >= 0.3 is 0 Å². The summed E-state index contributed by atoms with van der Waals surface area (Å²) in [6.45, 7) is 4.72. The van der Waals surface area contributed by atoms with Crippen LogP contribution >= 0.6 is 0 Å². The molecule has 1 aliphatic carbocycles. The summed E-state index contributed by atoms with van der Waals surface area (Å²) in [6, 6.07) is 1.49. The van der Waals surface area contributed by atoms with E-state index in [9.17, 15) is 0 Å². The smallest absolute Gasteiger partial charge is 0.0233 e. The molecule has 2 unspecified atom stereocenters. The van der Waals surface area contributed by atoms with Gasteiger partial charge in [0.2, 0.25) is 0 Å². The Morgan fingerprint density at radius 1 is 1.10 bits per heavy atom. The molecule has 2 nitrogen and oxygen atoms in total. The van der Waals surface area contributed by atoms with Gasteiger partial charge in [-0.15, -0.1) is 0 Å². The molecule has 58 valence electrons. The zero-order valence-electron chi connectivity index (χ0n) is 6.78. The van der Waals surface area contributed by atoms with E-state index in [1.807, 2.05) is 0 Å². The van der Waals surface area contributed by atoms with Gasteiger partial charge < -0.3 is 0 Å². The molecule has 2 N–H and O–H groups in total. The number of nitrogens with one attached hydrogen (secondary N) is 2. The van der Waals surface area contributed by atoms with Crippen LogP contribution in [0.3, 0.4) is 0 Å². The van der Waals surface area contributed by atoms with Crippen LogP contribution in [-0.4, -0.2) is 12.1 Å². The minimum atomic E-state index is 0.560. The Kier molecular flexibility index (Phi) is 1.29. The van der Waals surface area contributed by atoms with E-state index in [2.05, 4.69) is 24.7 Å². The summed E-state index contributed by atoms with van der Waals surface area (Å²) < 4.78 is 0. The lowest BCUT2D eigenvalue weighted by Gasteiger charge is -2.32. The third-order valence-electron chi connectivity index (χ3n) is 2.66. The van der Waals surface area contributed by atoms with Crippen molar-refractivity contribution in [2.75, 3.05) is 0 Å². The Balaban J connectivity index is 2.09. The van der Waals surface area contributed by atoms with Crippen molar-refractivity contribution in [1.82, 2.24) is 10.9 Å². The summed E-state index contributed by atoms with van der Waals surface area (Å²) in [7, 11) is 0. The molecule has 0 spiro atoms. The van der Waals surface area contributed by atoms with Gasteiger partial charge in [-0.05, 0) is 24.7 Å². The molecule has 2 heteroatoms. The Morgan fingerprint density at radius 3 is 2.10 bits per heavy atom. The van der Waals surface area contributed by atoms with Gasteiger partial charge in [0.15, 0.2) is 0 Å². The van der Waals surface area contributed by atoms with Crippen LogP contribution < -0.4 is 10.9 Å². The van der Waals surface area contributed by atoms with Crippen LogP contribution in [0.15, 0.2) is 0 Å². The summed E-state index contributed by atoms with van der Waals surface area (Å²) in [5, 5.41) is 0. The molecule has 2 fully saturated rings. The van der Waals surface area contributed by atoms with Crippen LogP contribution in [0.4, 0.5) is 0 Å². The Morgan fingerprint density at radius 2 is 1.60 bits per heavy atom. The Bertz CT molecular complexity index is 128. The second-order valence-electron chi connectivity index (χ2n) is 4.49. The topological polar surface area (TPSA) is 24.1 Å². The first-order valence-electron chi connectivity index (χ1n) is 4.17. The lowest BCUT2D eigenvalue weighted by Crippen LogP contribution is -2.31. The highest BCUT2D eigenvalue weighted by Gasteiger charge is 2.37. The molecule has 1 aliphatic heterocycles. The molecule has 1 saturated heterocycles. The van der Waals surface area contributed by atoms with Gasteiger partial charge in [-0.3, -0.25) is 10.9 Å². The van der Waals surface area contributed by atoms with Crippen LogP contribution in [0.1, 0.15) is 33.1 Å². The predicted octanol–water partition coefficient (Wildman–Crippen LogP) is 1.04. The van der Waals surface area contributed by atoms with Crippen LogP contribution in [0.2, 0.25) is 0 Å². The van der Waals surface area contributed by atoms with Crippen molar-refractivity contribution in [3.63, 3.8) is 0 Å². The van der Waals surface area contributed by atoms with Crippen molar-refractivity contribution in [3.8, 4) is 0 Å². The minimum absolute atomic E-state index is 0.560. The Labute approximate surface area is 62.4 Å². The molecular formula is C8H16N2. The number of hydrazine groups is 1. The first-order valence-corrected chi connectivity index (χ1v) is 4.17. The molecule has 1 saturated carbocycles. The summed E-state index contributed by atoms with van der Waals surface area (Å²) >= 11 is 0. The van der Waals surface area contributed by atoms with Gasteiger partial charge in [0.1, 0.15) is 0 Å². The van der Waals surface area contributed by atoms with E-state index < -0.39 is 0 Å². The van der Waals surface area contributed by atoms with Gasteiger partial charge in [-0.25, -0.2) is 0 Å². The SMILES string of the molecule is CC1(C)CC2CC(C1)NN2. The van der Waals surface area contributed by atoms with Gasteiger partial charge in [0.25, 0.3) is 0 Å². The van der Waals surface area contributed by atoms with E-state index in [0.717, 1.165) is 12.1 Å². The standard InChI is InChI=1S/C8H16N2/c1-8(2)4-6-3-7(5-8)10-9-6/h6-7,9-10H,3-5H2,1-2H3. The highest BCUT2D eigenvalue weighted by Crippen LogP contribution is 2.37. The largest absolute Gasteiger partial charge is 0.254 e. The molecule has 0 aromatic heterocycles. The lowest BCUT2D eigenvalue weighted by molar-refractivity contribution is 0.226. The molecule has 10 heavy (non-hydrogen) atoms. The van der Waals surface area contributed by atoms with E-state index in [1.54, 1.807) is 0 Å². The molecular weight excluding hydrogens is 124 g/mol. The highest BCUT2D eigenvalue weighted by molar-refractivity contribution is 4.94. The van der Waals surface area contributed by atoms with Gasteiger partial charge in [0.05, 0.1) is 0 Å². The first kappa shape index (κ1) is 6.62. The maximum atomic E-state index is 3.32. The second-order valence-corrected chi connectivity index (χ2v) is 4.49. The summed E-state index contributed by atoms with van der Waals surface area (Å²) in [6.07, 6.45) is 4.00. The third-order valence-corrected chi connectivity index (χ3v) is 2.66. The van der Waals surface area contributed by atoms with E-state index >= 15 is 0 Å². The monoisotopic (exact) mass is 140 g/mol. The molecule has 0 aromatic rings. The summed E-state index contributed by atoms with van der Waals surface area (Å²) in [5.74, 6) is 0. The zero-order chi connectivity index (χ0) is 7.19. The number of hydrogen-bond donors (Lipinski definition) is 2. The van der Waals surface area contributed by atoms with Crippen LogP contribution in [0.5, 0.6) is 0 Å². The number of hydrogen-bond acceptors (Lipinski definition) is 2. The van der Waals surface area contributed by atoms with Crippen molar-refractivity contribution in [1.29, 1.82) is 0 Å². The van der Waals surface area contributed by atoms with Crippen molar-refractivity contribution >= 4 is 0 Å². The van der Waals surface area contributed by atoms with E-state index in [-0.39, 0.29) is 0 Å². The van der Waals surface area contributed by atoms with Gasteiger partial charge in [-0.2, -0.15) is 0 Å². The van der Waals surface area contributed by atoms with Crippen molar-refractivity contribution in [2.24, 2.45) is 5.41 Å². The molecule has 2 atom stereocenters. The van der Waals surface area contributed by atoms with E-state index in [1.165, 1.54) is 19.3 Å². The Hall–Kier alpha value is -0.0800. The van der Waals surface area contributed by atoms with Crippen molar-refractivity contribution in [3.05, 3.63) is 0 Å². The van der Waals surface area contributed by atoms with Gasteiger partial charge in [0, 0.05) is 12.1 Å². The maximum absolute atomic E-state index is 3.32. The fourth-order valence-electron chi connectivity index (χ4n) is 2.38. The molecule has 0 amide bonds. The predicted molar refractivity (Wildman–Crippen MR) is 41.5 cm³/mol. The highest BCUT2D eigenvalue weighted by atomic mass is 15.4. The van der Waals surface area contributed by atoms with Crippen LogP contribution in [0.25, 0.3) is 0 Å². The molecule has 2 bridgehead atoms. The van der Waals surface area contributed by atoms with Crippen molar-refractivity contribution < 1.29 is 0 Å². The van der Waals surface area contributed by atoms with E-state index in [0.29, 0.717) is 5.41 Å². The second kappa shape index (κ2) is 1.95. The fourth-order valence-corrected chi connectivity index (χ4v) is 2.38. The normalized spacial score (nSPS) is 43.8. The van der Waals surface area contributed by atoms with Crippen LogP contribution in [-0.2, 0) is 0 Å². The van der Waals surface area contributed by atoms with Crippen molar-refractivity contribution in [2.45, 2.75) is 45.2 Å². The summed E-state index contributed by atoms with van der Waals surface area (Å²) in [5.41, 5.74) is 7.21. The average Bonchev–Trinajstić information content (AvgIpc) is 2.08. The van der Waals surface area contributed by atoms with Crippen LogP contribution in [0, 0.1) is 5.41 Å². The number of rotatable bonds is 0. The molecule has 1 heterocycles. The lowest BCUT2D eigenvalue weighted by atomic mass is 9.74. The molecule has 0 aromatic carbocycles. The minimum Gasteiger partial charge on any atom is -0.254 e. The quantitative estimate of drug-likeness (QED) is 0.525. The average molecular weight is 140 g/mol. The summed E-state index contributed by atoms with van der Waals surface area (Å²) in [4.78, 5) is 0. The van der Waals surface area contributed by atoms with Gasteiger partial charge in [-0.1, -0.05) is 13.8 Å². The first-order chi connectivity index (χ1) is 4.66. The third kappa shape index (κ3) is 1.06.